The Morgan fingerprint density at radius 3 is 2.38 bits per heavy atom. The Hall–Kier alpha value is -0.600. The molecule has 0 bridgehead atoms. The van der Waals surface area contributed by atoms with E-state index in [1.165, 1.54) is 0 Å². The number of hydrogen-bond donors (Lipinski definition) is 2. The molecule has 0 fully saturated rings. The van der Waals surface area contributed by atoms with E-state index in [1.807, 2.05) is 0 Å². The minimum Gasteiger partial charge on any atom is -0.475 e. The summed E-state index contributed by atoms with van der Waals surface area (Å²) in [6.07, 6.45) is 0. The molecule has 1 atom stereocenters. The molecule has 0 aromatic rings. The molecular weight excluding hydrogens is 131 g/mol. The van der Waals surface area contributed by atoms with Crippen molar-refractivity contribution in [3.8, 4) is 0 Å². The van der Waals surface area contributed by atoms with Crippen LogP contribution in [0.4, 0.5) is 0 Å². The molecular formula is C3H5O4P. The fourth-order valence-electron chi connectivity index (χ4n) is 0.0988. The Kier molecular flexibility index (Phi) is 3.15. The summed E-state index contributed by atoms with van der Waals surface area (Å²) in [7, 11) is -0.849. The van der Waals surface area contributed by atoms with Gasteiger partial charge in [0.15, 0.2) is 0 Å². The Bertz CT molecular complexity index is 110. The van der Waals surface area contributed by atoms with Gasteiger partial charge in [-0.25, -0.2) is 4.79 Å². The first-order valence-electron chi connectivity index (χ1n) is 1.66. The van der Waals surface area contributed by atoms with Gasteiger partial charge in [0.1, 0.15) is 0 Å². The highest BCUT2D eigenvalue weighted by atomic mass is 31.1. The van der Waals surface area contributed by atoms with Gasteiger partial charge < -0.3 is 14.5 Å². The summed E-state index contributed by atoms with van der Waals surface area (Å²) >= 11 is 0. The number of carboxylic acid groups (broad SMARTS) is 1. The highest BCUT2D eigenvalue weighted by Gasteiger charge is 2.01. The van der Waals surface area contributed by atoms with Gasteiger partial charge in [0.2, 0.25) is 14.8 Å². The van der Waals surface area contributed by atoms with Crippen LogP contribution in [0.1, 0.15) is 0 Å². The molecule has 8 heavy (non-hydrogen) atoms. The minimum atomic E-state index is -1.26. The SMILES string of the molecule is C=C(OPO)C(=O)O. The van der Waals surface area contributed by atoms with Gasteiger partial charge in [-0.1, -0.05) is 0 Å². The quantitative estimate of drug-likeness (QED) is 0.328. The first-order valence-corrected chi connectivity index (χ1v) is 2.52. The van der Waals surface area contributed by atoms with Crippen LogP contribution in [0.5, 0.6) is 0 Å². The van der Waals surface area contributed by atoms with Gasteiger partial charge in [-0.05, 0) is 6.58 Å². The van der Waals surface area contributed by atoms with E-state index in [0.29, 0.717) is 0 Å². The zero-order chi connectivity index (χ0) is 6.57. The lowest BCUT2D eigenvalue weighted by Crippen LogP contribution is -1.97. The normalized spacial score (nSPS) is 9.62. The predicted octanol–water partition coefficient (Wildman–Crippen LogP) is 0.102. The van der Waals surface area contributed by atoms with Crippen LogP contribution in [0.15, 0.2) is 12.3 Å². The number of aliphatic carboxylic acids is 1. The maximum Gasteiger partial charge on any atom is 0.370 e. The topological polar surface area (TPSA) is 66.8 Å². The molecule has 4 nitrogen and oxygen atoms in total. The Morgan fingerprint density at radius 2 is 2.25 bits per heavy atom. The Morgan fingerprint density at radius 1 is 1.75 bits per heavy atom. The number of rotatable bonds is 3. The maximum atomic E-state index is 9.76. The molecule has 0 saturated carbocycles. The molecule has 0 amide bonds. The summed E-state index contributed by atoms with van der Waals surface area (Å²) in [5.41, 5.74) is 0. The molecule has 0 aliphatic rings. The third-order valence-electron chi connectivity index (χ3n) is 0.407. The van der Waals surface area contributed by atoms with E-state index in [-0.39, 0.29) is 0 Å². The van der Waals surface area contributed by atoms with Gasteiger partial charge in [-0.15, -0.1) is 0 Å². The lowest BCUT2D eigenvalue weighted by atomic mass is 10.6. The van der Waals surface area contributed by atoms with Crippen molar-refractivity contribution >= 4 is 15.0 Å². The van der Waals surface area contributed by atoms with Crippen LogP contribution in [0, 0.1) is 0 Å². The van der Waals surface area contributed by atoms with Gasteiger partial charge >= 0.3 is 5.97 Å². The summed E-state index contributed by atoms with van der Waals surface area (Å²) in [5.74, 6) is -1.70. The number of carbonyl (C=O) groups is 1. The van der Waals surface area contributed by atoms with Crippen molar-refractivity contribution < 1.29 is 19.3 Å². The molecule has 0 aliphatic heterocycles. The lowest BCUT2D eigenvalue weighted by Gasteiger charge is -1.95. The summed E-state index contributed by atoms with van der Waals surface area (Å²) < 4.78 is 4.09. The molecule has 0 heterocycles. The molecule has 2 N–H and O–H groups in total. The van der Waals surface area contributed by atoms with Crippen molar-refractivity contribution in [2.75, 3.05) is 0 Å². The lowest BCUT2D eigenvalue weighted by molar-refractivity contribution is -0.134. The van der Waals surface area contributed by atoms with Gasteiger partial charge in [0.25, 0.3) is 0 Å². The molecule has 0 aliphatic carbocycles. The second-order valence-corrected chi connectivity index (χ2v) is 1.31. The fraction of sp³-hybridized carbons (Fsp3) is 0. The maximum absolute atomic E-state index is 9.76. The average molecular weight is 136 g/mol. The highest BCUT2D eigenvalue weighted by molar-refractivity contribution is 7.25. The minimum absolute atomic E-state index is 0.439. The number of hydrogen-bond acceptors (Lipinski definition) is 3. The third kappa shape index (κ3) is 2.55. The summed E-state index contributed by atoms with van der Waals surface area (Å²) in [6.45, 7) is 2.97. The van der Waals surface area contributed by atoms with Crippen LogP contribution in [0.3, 0.4) is 0 Å². The molecule has 0 aromatic heterocycles. The molecule has 46 valence electrons. The molecule has 5 heteroatoms. The van der Waals surface area contributed by atoms with E-state index in [4.69, 9.17) is 10.00 Å². The summed E-state index contributed by atoms with van der Waals surface area (Å²) in [6, 6.07) is 0. The highest BCUT2D eigenvalue weighted by Crippen LogP contribution is 2.09. The van der Waals surface area contributed by atoms with Crippen LogP contribution in [-0.2, 0) is 9.32 Å². The first-order chi connectivity index (χ1) is 3.68. The van der Waals surface area contributed by atoms with Crippen molar-refractivity contribution in [1.82, 2.24) is 0 Å². The van der Waals surface area contributed by atoms with Crippen LogP contribution in [0.2, 0.25) is 0 Å². The molecule has 0 radical (unpaired) electrons. The van der Waals surface area contributed by atoms with E-state index in [2.05, 4.69) is 11.1 Å². The summed E-state index contributed by atoms with van der Waals surface area (Å²) in [4.78, 5) is 17.7. The van der Waals surface area contributed by atoms with Crippen LogP contribution < -0.4 is 0 Å². The average Bonchev–Trinajstić information content (AvgIpc) is 1.67. The fourth-order valence-corrected chi connectivity index (χ4v) is 0.296. The Labute approximate surface area is 47.7 Å². The molecule has 1 unspecified atom stereocenters. The van der Waals surface area contributed by atoms with E-state index in [1.54, 1.807) is 0 Å². The van der Waals surface area contributed by atoms with Gasteiger partial charge in [-0.2, -0.15) is 0 Å². The van der Waals surface area contributed by atoms with Crippen molar-refractivity contribution in [3.63, 3.8) is 0 Å². The third-order valence-corrected chi connectivity index (χ3v) is 0.745. The van der Waals surface area contributed by atoms with E-state index < -0.39 is 20.8 Å². The van der Waals surface area contributed by atoms with Gasteiger partial charge in [0, 0.05) is 0 Å². The zero-order valence-corrected chi connectivity index (χ0v) is 4.92. The molecule has 0 saturated heterocycles. The van der Waals surface area contributed by atoms with E-state index in [0.717, 1.165) is 0 Å². The van der Waals surface area contributed by atoms with Crippen LogP contribution >= 0.6 is 9.03 Å². The van der Waals surface area contributed by atoms with Crippen LogP contribution in [-0.4, -0.2) is 16.0 Å². The predicted molar refractivity (Wildman–Crippen MR) is 28.4 cm³/mol. The van der Waals surface area contributed by atoms with Gasteiger partial charge in [0.05, 0.1) is 0 Å². The molecule has 0 aromatic carbocycles. The molecule has 0 rings (SSSR count). The monoisotopic (exact) mass is 136 g/mol. The van der Waals surface area contributed by atoms with Gasteiger partial charge in [-0.3, -0.25) is 0 Å². The van der Waals surface area contributed by atoms with E-state index in [9.17, 15) is 4.79 Å². The largest absolute Gasteiger partial charge is 0.475 e. The second kappa shape index (κ2) is 3.41. The second-order valence-electron chi connectivity index (χ2n) is 0.922. The molecule has 0 spiro atoms. The standard InChI is InChI=1S/C3H5O4P/c1-2(3(4)5)7-8-6/h6,8H,1H2,(H,4,5). The van der Waals surface area contributed by atoms with Crippen molar-refractivity contribution in [2.24, 2.45) is 0 Å². The zero-order valence-electron chi connectivity index (χ0n) is 3.92. The van der Waals surface area contributed by atoms with Crippen LogP contribution in [0.25, 0.3) is 0 Å². The van der Waals surface area contributed by atoms with Crippen molar-refractivity contribution in [2.45, 2.75) is 0 Å². The van der Waals surface area contributed by atoms with E-state index >= 15 is 0 Å². The Balaban J connectivity index is 3.49. The van der Waals surface area contributed by atoms with Crippen molar-refractivity contribution in [1.29, 1.82) is 0 Å². The van der Waals surface area contributed by atoms with Crippen molar-refractivity contribution in [3.05, 3.63) is 12.3 Å². The summed E-state index contributed by atoms with van der Waals surface area (Å²) in [5, 5.41) is 7.98. The number of carboxylic acids is 1. The first kappa shape index (κ1) is 7.40. The smallest absolute Gasteiger partial charge is 0.370 e.